The minimum absolute atomic E-state index is 0.323. The summed E-state index contributed by atoms with van der Waals surface area (Å²) in [6, 6.07) is 26.0. The van der Waals surface area contributed by atoms with Gasteiger partial charge in [-0.15, -0.1) is 0 Å². The predicted molar refractivity (Wildman–Crippen MR) is 116 cm³/mol. The molecule has 1 aliphatic rings. The lowest BCUT2D eigenvalue weighted by atomic mass is 10.1. The average Bonchev–Trinajstić information content (AvgIpc) is 2.99. The number of benzene rings is 3. The molecule has 1 heterocycles. The molecule has 0 fully saturated rings. The summed E-state index contributed by atoms with van der Waals surface area (Å²) in [7, 11) is 0. The molecule has 3 aromatic rings. The van der Waals surface area contributed by atoms with Crippen molar-refractivity contribution >= 4 is 34.8 Å². The van der Waals surface area contributed by atoms with Gasteiger partial charge in [0.05, 0.1) is 22.8 Å². The molecule has 4 rings (SSSR count). The first-order valence-electron chi connectivity index (χ1n) is 9.33. The fourth-order valence-electron chi connectivity index (χ4n) is 3.18. The van der Waals surface area contributed by atoms with Gasteiger partial charge in [-0.05, 0) is 36.8 Å². The van der Waals surface area contributed by atoms with E-state index in [1.54, 1.807) is 18.2 Å². The van der Waals surface area contributed by atoms with Crippen LogP contribution in [0.15, 0.2) is 94.7 Å². The molecule has 4 nitrogen and oxygen atoms in total. The van der Waals surface area contributed by atoms with Crippen LogP contribution in [-0.4, -0.2) is 18.4 Å². The Morgan fingerprint density at radius 3 is 2.21 bits per heavy atom. The minimum Gasteiger partial charge on any atom is -0.494 e. The number of hydrogen-bond donors (Lipinski definition) is 0. The van der Waals surface area contributed by atoms with Gasteiger partial charge in [0.25, 0.3) is 11.8 Å². The van der Waals surface area contributed by atoms with Gasteiger partial charge in [-0.2, -0.15) is 0 Å². The summed E-state index contributed by atoms with van der Waals surface area (Å²) in [6.07, 6.45) is 0. The Balaban J connectivity index is 1.78. The average molecular weight is 401 g/mol. The number of hydrogen-bond acceptors (Lipinski definition) is 4. The molecule has 2 amide bonds. The van der Waals surface area contributed by atoms with Crippen molar-refractivity contribution in [1.29, 1.82) is 0 Å². The van der Waals surface area contributed by atoms with E-state index in [9.17, 15) is 9.59 Å². The Morgan fingerprint density at radius 1 is 0.828 bits per heavy atom. The second-order valence-corrected chi connectivity index (χ2v) is 7.45. The summed E-state index contributed by atoms with van der Waals surface area (Å²) < 4.78 is 5.54. The number of imide groups is 1. The Bertz CT molecular complexity index is 1080. The third-order valence-corrected chi connectivity index (χ3v) is 5.54. The second kappa shape index (κ2) is 8.37. The number of carbonyl (C=O) groups is 2. The van der Waals surface area contributed by atoms with E-state index in [-0.39, 0.29) is 11.8 Å². The highest BCUT2D eigenvalue weighted by molar-refractivity contribution is 8.04. The van der Waals surface area contributed by atoms with E-state index < -0.39 is 0 Å². The Kier molecular flexibility index (Phi) is 5.49. The fraction of sp³-hybridized carbons (Fsp3) is 0.0833. The van der Waals surface area contributed by atoms with Crippen LogP contribution in [0.5, 0.6) is 5.75 Å². The summed E-state index contributed by atoms with van der Waals surface area (Å²) in [5, 5.41) is 0. The van der Waals surface area contributed by atoms with E-state index in [2.05, 4.69) is 0 Å². The largest absolute Gasteiger partial charge is 0.494 e. The van der Waals surface area contributed by atoms with E-state index >= 15 is 0 Å². The standard InChI is InChI=1S/C24H19NO3S/c1-2-28-19-13-9-12-18(16-19)25-23(26)21(17-10-5-3-6-11-17)22(24(25)27)29-20-14-7-4-8-15-20/h3-16H,2H2,1H3. The van der Waals surface area contributed by atoms with Crippen LogP contribution in [0.4, 0.5) is 5.69 Å². The van der Waals surface area contributed by atoms with Crippen molar-refractivity contribution in [3.63, 3.8) is 0 Å². The summed E-state index contributed by atoms with van der Waals surface area (Å²) in [5.74, 6) is -0.0272. The number of nitrogens with zero attached hydrogens (tertiary/aromatic N) is 1. The van der Waals surface area contributed by atoms with Crippen molar-refractivity contribution in [2.75, 3.05) is 11.5 Å². The highest BCUT2D eigenvalue weighted by Gasteiger charge is 2.40. The van der Waals surface area contributed by atoms with Crippen molar-refractivity contribution in [2.45, 2.75) is 11.8 Å². The van der Waals surface area contributed by atoms with Crippen LogP contribution in [0, 0.1) is 0 Å². The van der Waals surface area contributed by atoms with Gasteiger partial charge >= 0.3 is 0 Å². The summed E-state index contributed by atoms with van der Waals surface area (Å²) in [5.41, 5.74) is 1.65. The summed E-state index contributed by atoms with van der Waals surface area (Å²) in [6.45, 7) is 2.40. The number of amides is 2. The normalized spacial score (nSPS) is 13.9. The number of rotatable bonds is 6. The van der Waals surface area contributed by atoms with E-state index in [1.165, 1.54) is 16.7 Å². The third kappa shape index (κ3) is 3.82. The molecular formula is C24H19NO3S. The van der Waals surface area contributed by atoms with E-state index in [4.69, 9.17) is 4.74 Å². The van der Waals surface area contributed by atoms with Gasteiger partial charge in [-0.25, -0.2) is 4.90 Å². The number of anilines is 1. The van der Waals surface area contributed by atoms with Gasteiger partial charge in [0.1, 0.15) is 5.75 Å². The molecule has 1 aliphatic heterocycles. The fourth-order valence-corrected chi connectivity index (χ4v) is 4.20. The SMILES string of the molecule is CCOc1cccc(N2C(=O)C(Sc3ccccc3)=C(c3ccccc3)C2=O)c1. The molecule has 0 N–H and O–H groups in total. The van der Waals surface area contributed by atoms with Crippen LogP contribution >= 0.6 is 11.8 Å². The summed E-state index contributed by atoms with van der Waals surface area (Å²) >= 11 is 1.32. The predicted octanol–water partition coefficient (Wildman–Crippen LogP) is 5.16. The maximum absolute atomic E-state index is 13.4. The van der Waals surface area contributed by atoms with Crippen LogP contribution in [0.25, 0.3) is 5.57 Å². The Labute approximate surface area is 173 Å². The molecule has 0 bridgehead atoms. The molecule has 5 heteroatoms. The second-order valence-electron chi connectivity index (χ2n) is 6.36. The lowest BCUT2D eigenvalue weighted by molar-refractivity contribution is -0.119. The zero-order chi connectivity index (χ0) is 20.2. The van der Waals surface area contributed by atoms with Crippen molar-refractivity contribution in [3.8, 4) is 5.75 Å². The van der Waals surface area contributed by atoms with Crippen LogP contribution in [0.2, 0.25) is 0 Å². The quantitative estimate of drug-likeness (QED) is 0.535. The van der Waals surface area contributed by atoms with Crippen molar-refractivity contribution in [2.24, 2.45) is 0 Å². The third-order valence-electron chi connectivity index (χ3n) is 4.45. The lowest BCUT2D eigenvalue weighted by Gasteiger charge is -2.16. The van der Waals surface area contributed by atoms with Gasteiger partial charge < -0.3 is 4.74 Å². The van der Waals surface area contributed by atoms with Gasteiger partial charge in [0.2, 0.25) is 0 Å². The van der Waals surface area contributed by atoms with Crippen molar-refractivity contribution in [3.05, 3.63) is 95.4 Å². The molecule has 0 saturated heterocycles. The van der Waals surface area contributed by atoms with Crippen LogP contribution in [0.1, 0.15) is 12.5 Å². The van der Waals surface area contributed by atoms with Gasteiger partial charge in [-0.1, -0.05) is 66.4 Å². The monoisotopic (exact) mass is 401 g/mol. The van der Waals surface area contributed by atoms with E-state index in [0.29, 0.717) is 28.5 Å². The lowest BCUT2D eigenvalue weighted by Crippen LogP contribution is -2.31. The zero-order valence-corrected chi connectivity index (χ0v) is 16.7. The minimum atomic E-state index is -0.326. The molecule has 3 aromatic carbocycles. The molecule has 0 spiro atoms. The number of thioether (sulfide) groups is 1. The first-order valence-corrected chi connectivity index (χ1v) is 10.1. The van der Waals surface area contributed by atoms with Crippen LogP contribution in [0.3, 0.4) is 0 Å². The highest BCUT2D eigenvalue weighted by Crippen LogP contribution is 2.41. The van der Waals surface area contributed by atoms with Gasteiger partial charge in [0.15, 0.2) is 0 Å². The maximum Gasteiger partial charge on any atom is 0.272 e. The number of carbonyl (C=O) groups excluding carboxylic acids is 2. The summed E-state index contributed by atoms with van der Waals surface area (Å²) in [4.78, 5) is 29.3. The van der Waals surface area contributed by atoms with Gasteiger partial charge in [0, 0.05) is 11.0 Å². The maximum atomic E-state index is 13.4. The molecule has 144 valence electrons. The molecule has 0 atom stereocenters. The van der Waals surface area contributed by atoms with Crippen molar-refractivity contribution < 1.29 is 14.3 Å². The van der Waals surface area contributed by atoms with Crippen LogP contribution in [-0.2, 0) is 9.59 Å². The highest BCUT2D eigenvalue weighted by atomic mass is 32.2. The van der Waals surface area contributed by atoms with E-state index in [0.717, 1.165) is 10.5 Å². The molecule has 0 radical (unpaired) electrons. The Morgan fingerprint density at radius 2 is 1.52 bits per heavy atom. The molecule has 29 heavy (non-hydrogen) atoms. The van der Waals surface area contributed by atoms with Crippen molar-refractivity contribution in [1.82, 2.24) is 0 Å². The van der Waals surface area contributed by atoms with Crippen LogP contribution < -0.4 is 9.64 Å². The molecule has 0 unspecified atom stereocenters. The number of ether oxygens (including phenoxy) is 1. The molecular weight excluding hydrogens is 382 g/mol. The molecule has 0 aliphatic carbocycles. The Hall–Kier alpha value is -3.31. The zero-order valence-electron chi connectivity index (χ0n) is 15.9. The first-order chi connectivity index (χ1) is 14.2. The van der Waals surface area contributed by atoms with E-state index in [1.807, 2.05) is 73.7 Å². The molecule has 0 saturated carbocycles. The topological polar surface area (TPSA) is 46.6 Å². The van der Waals surface area contributed by atoms with Gasteiger partial charge in [-0.3, -0.25) is 9.59 Å². The first kappa shape index (κ1) is 19.0. The smallest absolute Gasteiger partial charge is 0.272 e. The molecule has 0 aromatic heterocycles.